The Morgan fingerprint density at radius 2 is 2.00 bits per heavy atom. The van der Waals surface area contributed by atoms with E-state index in [9.17, 15) is 14.7 Å². The van der Waals surface area contributed by atoms with Gasteiger partial charge in [0.1, 0.15) is 11.6 Å². The molecule has 0 aliphatic carbocycles. The molecule has 0 aromatic rings. The molecule has 0 spiro atoms. The number of nitrogens with zero attached hydrogens (tertiary/aromatic N) is 1. The number of hydrogen-bond donors (Lipinski definition) is 1. The molecule has 1 N–H and O–H groups in total. The Morgan fingerprint density at radius 1 is 1.37 bits per heavy atom. The number of carbonyl (C=O) groups excluding carboxylic acids is 1. The molecule has 6 nitrogen and oxygen atoms in total. The minimum atomic E-state index is -1.02. The van der Waals surface area contributed by atoms with Gasteiger partial charge in [0, 0.05) is 19.6 Å². The van der Waals surface area contributed by atoms with Crippen LogP contribution in [0.1, 0.15) is 40.5 Å². The molecule has 1 rings (SSSR count). The van der Waals surface area contributed by atoms with Gasteiger partial charge < -0.3 is 14.6 Å². The van der Waals surface area contributed by atoms with Crippen molar-refractivity contribution in [2.75, 3.05) is 13.2 Å². The molecule has 2 atom stereocenters. The van der Waals surface area contributed by atoms with Crippen molar-refractivity contribution in [2.45, 2.75) is 58.3 Å². The third-order valence-corrected chi connectivity index (χ3v) is 2.87. The SMILES string of the molecule is CCOC1CCN(C(=O)OC(C)(C)C)C(C(=O)O)C1. The summed E-state index contributed by atoms with van der Waals surface area (Å²) < 4.78 is 10.7. The maximum Gasteiger partial charge on any atom is 0.411 e. The molecule has 2 unspecified atom stereocenters. The zero-order valence-corrected chi connectivity index (χ0v) is 12.0. The average Bonchev–Trinajstić information content (AvgIpc) is 2.26. The van der Waals surface area contributed by atoms with E-state index < -0.39 is 23.7 Å². The largest absolute Gasteiger partial charge is 0.480 e. The molecule has 6 heteroatoms. The molecule has 0 aromatic heterocycles. The number of rotatable bonds is 3. The Hall–Kier alpha value is -1.30. The van der Waals surface area contributed by atoms with Gasteiger partial charge in [-0.15, -0.1) is 0 Å². The van der Waals surface area contributed by atoms with Gasteiger partial charge in [0.25, 0.3) is 0 Å². The van der Waals surface area contributed by atoms with Gasteiger partial charge in [0.2, 0.25) is 0 Å². The number of aliphatic carboxylic acids is 1. The molecule has 1 amide bonds. The first-order valence-electron chi connectivity index (χ1n) is 6.58. The second kappa shape index (κ2) is 6.23. The van der Waals surface area contributed by atoms with Gasteiger partial charge >= 0.3 is 12.1 Å². The van der Waals surface area contributed by atoms with Gasteiger partial charge in [0.15, 0.2) is 0 Å². The molecule has 0 radical (unpaired) electrons. The standard InChI is InChI=1S/C13H23NO5/c1-5-18-9-6-7-14(10(8-9)11(15)16)12(17)19-13(2,3)4/h9-10H,5-8H2,1-4H3,(H,15,16). The second-order valence-electron chi connectivity index (χ2n) is 5.63. The highest BCUT2D eigenvalue weighted by molar-refractivity contribution is 5.80. The van der Waals surface area contributed by atoms with E-state index in [0.29, 0.717) is 26.0 Å². The Morgan fingerprint density at radius 3 is 2.47 bits per heavy atom. The highest BCUT2D eigenvalue weighted by Crippen LogP contribution is 2.22. The molecule has 1 heterocycles. The topological polar surface area (TPSA) is 76.1 Å². The molecule has 0 aromatic carbocycles. The fraction of sp³-hybridized carbons (Fsp3) is 0.846. The van der Waals surface area contributed by atoms with Crippen LogP contribution in [-0.4, -0.2) is 53.0 Å². The zero-order valence-electron chi connectivity index (χ0n) is 12.0. The molecule has 19 heavy (non-hydrogen) atoms. The molecule has 0 saturated carbocycles. The molecule has 1 aliphatic rings. The molecular weight excluding hydrogens is 250 g/mol. The Bertz CT molecular complexity index is 336. The molecule has 110 valence electrons. The second-order valence-corrected chi connectivity index (χ2v) is 5.63. The summed E-state index contributed by atoms with van der Waals surface area (Å²) >= 11 is 0. The summed E-state index contributed by atoms with van der Waals surface area (Å²) in [5.74, 6) is -1.02. The van der Waals surface area contributed by atoms with Crippen LogP contribution < -0.4 is 0 Å². The van der Waals surface area contributed by atoms with Crippen LogP contribution in [0.25, 0.3) is 0 Å². The Balaban J connectivity index is 2.72. The third-order valence-electron chi connectivity index (χ3n) is 2.87. The summed E-state index contributed by atoms with van der Waals surface area (Å²) in [7, 11) is 0. The third kappa shape index (κ3) is 4.70. The van der Waals surface area contributed by atoms with Crippen LogP contribution in [0.5, 0.6) is 0 Å². The van der Waals surface area contributed by atoms with Gasteiger partial charge in [-0.25, -0.2) is 9.59 Å². The summed E-state index contributed by atoms with van der Waals surface area (Å²) in [5, 5.41) is 9.24. The lowest BCUT2D eigenvalue weighted by molar-refractivity contribution is -0.147. The highest BCUT2D eigenvalue weighted by Gasteiger charge is 2.38. The van der Waals surface area contributed by atoms with Crippen LogP contribution in [0.15, 0.2) is 0 Å². The van der Waals surface area contributed by atoms with Crippen molar-refractivity contribution in [3.63, 3.8) is 0 Å². The van der Waals surface area contributed by atoms with Crippen LogP contribution in [-0.2, 0) is 14.3 Å². The smallest absolute Gasteiger partial charge is 0.411 e. The normalized spacial score (nSPS) is 24.1. The van der Waals surface area contributed by atoms with E-state index in [2.05, 4.69) is 0 Å². The summed E-state index contributed by atoms with van der Waals surface area (Å²) in [5.41, 5.74) is -0.628. The van der Waals surface area contributed by atoms with Gasteiger partial charge in [-0.1, -0.05) is 0 Å². The number of carbonyl (C=O) groups is 2. The van der Waals surface area contributed by atoms with E-state index in [0.717, 1.165) is 0 Å². The van der Waals surface area contributed by atoms with E-state index >= 15 is 0 Å². The summed E-state index contributed by atoms with van der Waals surface area (Å²) in [6.07, 6.45) is 0.263. The summed E-state index contributed by atoms with van der Waals surface area (Å²) in [6.45, 7) is 8.03. The minimum Gasteiger partial charge on any atom is -0.480 e. The van der Waals surface area contributed by atoms with Crippen LogP contribution >= 0.6 is 0 Å². The summed E-state index contributed by atoms with van der Waals surface area (Å²) in [6, 6.07) is -0.875. The van der Waals surface area contributed by atoms with Crippen LogP contribution in [0.4, 0.5) is 4.79 Å². The van der Waals surface area contributed by atoms with E-state index in [1.807, 2.05) is 6.92 Å². The molecule has 1 fully saturated rings. The van der Waals surface area contributed by atoms with Crippen molar-refractivity contribution in [3.8, 4) is 0 Å². The maximum absolute atomic E-state index is 12.0. The van der Waals surface area contributed by atoms with E-state index in [4.69, 9.17) is 9.47 Å². The predicted octanol–water partition coefficient (Wildman–Crippen LogP) is 1.88. The number of likely N-dealkylation sites (tertiary alicyclic amines) is 1. The lowest BCUT2D eigenvalue weighted by Crippen LogP contribution is -2.53. The molecular formula is C13H23NO5. The minimum absolute atomic E-state index is 0.107. The molecule has 1 aliphatic heterocycles. The highest BCUT2D eigenvalue weighted by atomic mass is 16.6. The number of piperidine rings is 1. The number of carboxylic acid groups (broad SMARTS) is 1. The van der Waals surface area contributed by atoms with Gasteiger partial charge in [-0.05, 0) is 34.1 Å². The number of ether oxygens (including phenoxy) is 2. The van der Waals surface area contributed by atoms with Crippen molar-refractivity contribution in [2.24, 2.45) is 0 Å². The average molecular weight is 273 g/mol. The van der Waals surface area contributed by atoms with E-state index in [1.165, 1.54) is 4.90 Å². The van der Waals surface area contributed by atoms with Gasteiger partial charge in [-0.2, -0.15) is 0 Å². The maximum atomic E-state index is 12.0. The van der Waals surface area contributed by atoms with Crippen LogP contribution in [0, 0.1) is 0 Å². The van der Waals surface area contributed by atoms with Gasteiger partial charge in [0.05, 0.1) is 6.10 Å². The number of hydrogen-bond acceptors (Lipinski definition) is 4. The van der Waals surface area contributed by atoms with Crippen molar-refractivity contribution in [3.05, 3.63) is 0 Å². The lowest BCUT2D eigenvalue weighted by Gasteiger charge is -2.37. The number of amides is 1. The first-order valence-corrected chi connectivity index (χ1v) is 6.58. The lowest BCUT2D eigenvalue weighted by atomic mass is 10.00. The van der Waals surface area contributed by atoms with E-state index in [-0.39, 0.29) is 6.10 Å². The zero-order chi connectivity index (χ0) is 14.6. The van der Waals surface area contributed by atoms with Crippen molar-refractivity contribution < 1.29 is 24.2 Å². The first-order chi connectivity index (χ1) is 8.74. The first kappa shape index (κ1) is 15.8. The molecule has 1 saturated heterocycles. The van der Waals surface area contributed by atoms with Crippen LogP contribution in [0.3, 0.4) is 0 Å². The quantitative estimate of drug-likeness (QED) is 0.849. The monoisotopic (exact) mass is 273 g/mol. The Kier molecular flexibility index (Phi) is 5.17. The predicted molar refractivity (Wildman–Crippen MR) is 69.0 cm³/mol. The van der Waals surface area contributed by atoms with Crippen molar-refractivity contribution in [1.82, 2.24) is 4.90 Å². The summed E-state index contributed by atoms with van der Waals surface area (Å²) in [4.78, 5) is 24.6. The van der Waals surface area contributed by atoms with Gasteiger partial charge in [-0.3, -0.25) is 4.90 Å². The van der Waals surface area contributed by atoms with E-state index in [1.54, 1.807) is 20.8 Å². The van der Waals surface area contributed by atoms with Crippen LogP contribution in [0.2, 0.25) is 0 Å². The fourth-order valence-corrected chi connectivity index (χ4v) is 2.09. The fourth-order valence-electron chi connectivity index (χ4n) is 2.09. The molecule has 0 bridgehead atoms. The van der Waals surface area contributed by atoms with Crippen molar-refractivity contribution >= 4 is 12.1 Å². The van der Waals surface area contributed by atoms with Crippen molar-refractivity contribution in [1.29, 1.82) is 0 Å². The number of carboxylic acids is 1. The Labute approximate surface area is 113 Å².